The number of hydrogen-bond donors (Lipinski definition) is 1. The van der Waals surface area contributed by atoms with E-state index in [0.717, 1.165) is 18.8 Å². The largest absolute Gasteiger partial charge is 0.379 e. The average molecular weight is 399 g/mol. The van der Waals surface area contributed by atoms with Crippen molar-refractivity contribution in [3.8, 4) is 0 Å². The fourth-order valence-corrected chi connectivity index (χ4v) is 3.65. The maximum atomic E-state index is 12.2. The lowest BCUT2D eigenvalue weighted by atomic mass is 10.2. The molecule has 0 saturated carbocycles. The second kappa shape index (κ2) is 10.0. The predicted molar refractivity (Wildman–Crippen MR) is 108 cm³/mol. The van der Waals surface area contributed by atoms with Gasteiger partial charge in [0.25, 0.3) is 0 Å². The molecule has 0 aromatic heterocycles. The van der Waals surface area contributed by atoms with Gasteiger partial charge in [-0.2, -0.15) is 0 Å². The number of anilines is 2. The minimum absolute atomic E-state index is 0.117. The van der Waals surface area contributed by atoms with Gasteiger partial charge in [0.05, 0.1) is 19.5 Å². The van der Waals surface area contributed by atoms with E-state index in [0.29, 0.717) is 32.0 Å². The molecule has 1 aliphatic heterocycles. The van der Waals surface area contributed by atoms with Crippen LogP contribution in [0.25, 0.3) is 0 Å². The van der Waals surface area contributed by atoms with Gasteiger partial charge in [-0.15, -0.1) is 0 Å². The molecule has 152 valence electrons. The maximum Gasteiger partial charge on any atom is 0.225 e. The van der Waals surface area contributed by atoms with Gasteiger partial charge in [-0.3, -0.25) is 9.69 Å². The first-order chi connectivity index (χ1) is 12.8. The Labute approximate surface area is 162 Å². The van der Waals surface area contributed by atoms with Crippen LogP contribution in [-0.2, 0) is 19.6 Å². The summed E-state index contributed by atoms with van der Waals surface area (Å²) in [6.45, 7) is 4.16. The Hall–Kier alpha value is -1.68. The van der Waals surface area contributed by atoms with Crippen molar-refractivity contribution in [3.05, 3.63) is 24.3 Å². The second-order valence-corrected chi connectivity index (χ2v) is 8.84. The number of rotatable bonds is 9. The number of carbonyl (C=O) groups excluding carboxylic acids is 1. The summed E-state index contributed by atoms with van der Waals surface area (Å²) in [4.78, 5) is 16.3. The summed E-state index contributed by atoms with van der Waals surface area (Å²) in [5.74, 6) is -0.201. The molecular formula is C18H30N4O4S. The Balaban J connectivity index is 1.83. The highest BCUT2D eigenvalue weighted by atomic mass is 32.2. The van der Waals surface area contributed by atoms with Crippen LogP contribution in [0.15, 0.2) is 24.3 Å². The van der Waals surface area contributed by atoms with Crippen molar-refractivity contribution < 1.29 is 17.9 Å². The lowest BCUT2D eigenvalue weighted by molar-refractivity contribution is -0.116. The summed E-state index contributed by atoms with van der Waals surface area (Å²) in [7, 11) is 0.538. The van der Waals surface area contributed by atoms with Crippen LogP contribution in [0.1, 0.15) is 6.42 Å². The third kappa shape index (κ3) is 7.45. The summed E-state index contributed by atoms with van der Waals surface area (Å²) in [6, 6.07) is 7.50. The quantitative estimate of drug-likeness (QED) is 0.659. The Kier molecular flexibility index (Phi) is 8.03. The van der Waals surface area contributed by atoms with Crippen molar-refractivity contribution in [1.82, 2.24) is 9.21 Å². The molecule has 0 bridgehead atoms. The molecule has 0 unspecified atom stereocenters. The Morgan fingerprint density at radius 1 is 1.15 bits per heavy atom. The lowest BCUT2D eigenvalue weighted by Gasteiger charge is -2.29. The van der Waals surface area contributed by atoms with E-state index in [1.807, 2.05) is 43.3 Å². The highest BCUT2D eigenvalue weighted by Gasteiger charge is 2.20. The van der Waals surface area contributed by atoms with E-state index >= 15 is 0 Å². The van der Waals surface area contributed by atoms with E-state index in [4.69, 9.17) is 4.74 Å². The fourth-order valence-electron chi connectivity index (χ4n) is 2.81. The van der Waals surface area contributed by atoms with Crippen LogP contribution >= 0.6 is 0 Å². The molecule has 2 rings (SSSR count). The number of benzene rings is 1. The molecular weight excluding hydrogens is 368 g/mol. The average Bonchev–Trinajstić information content (AvgIpc) is 2.62. The van der Waals surface area contributed by atoms with Gasteiger partial charge in [-0.05, 0) is 24.3 Å². The van der Waals surface area contributed by atoms with Crippen molar-refractivity contribution >= 4 is 27.3 Å². The van der Waals surface area contributed by atoms with E-state index in [1.54, 1.807) is 0 Å². The highest BCUT2D eigenvalue weighted by Crippen LogP contribution is 2.16. The van der Waals surface area contributed by atoms with Crippen LogP contribution in [0.4, 0.5) is 11.4 Å². The number of amides is 1. The molecule has 1 amide bonds. The molecule has 1 heterocycles. The molecule has 27 heavy (non-hydrogen) atoms. The van der Waals surface area contributed by atoms with E-state index in [-0.39, 0.29) is 18.9 Å². The molecule has 1 N–H and O–H groups in total. The third-order valence-corrected chi connectivity index (χ3v) is 5.80. The Morgan fingerprint density at radius 3 is 2.33 bits per heavy atom. The minimum Gasteiger partial charge on any atom is -0.379 e. The van der Waals surface area contributed by atoms with Gasteiger partial charge < -0.3 is 15.0 Å². The summed E-state index contributed by atoms with van der Waals surface area (Å²) >= 11 is 0. The summed E-state index contributed by atoms with van der Waals surface area (Å²) in [5, 5.41) is 2.81. The standard InChI is InChI=1S/C18H30N4O4S/c1-20(2)17-6-4-16(5-7-17)19-18(23)8-9-22(27(3,24)25)11-10-21-12-14-26-15-13-21/h4-7H,8-15H2,1-3H3,(H,19,23). The second-order valence-electron chi connectivity index (χ2n) is 6.86. The number of sulfonamides is 1. The fraction of sp³-hybridized carbons (Fsp3) is 0.611. The molecule has 0 spiro atoms. The Morgan fingerprint density at radius 2 is 1.78 bits per heavy atom. The number of nitrogens with one attached hydrogen (secondary N) is 1. The normalized spacial score (nSPS) is 15.7. The monoisotopic (exact) mass is 398 g/mol. The topological polar surface area (TPSA) is 82.2 Å². The van der Waals surface area contributed by atoms with Gasteiger partial charge in [0.2, 0.25) is 15.9 Å². The van der Waals surface area contributed by atoms with Crippen molar-refractivity contribution in [2.45, 2.75) is 6.42 Å². The van der Waals surface area contributed by atoms with Crippen LogP contribution in [0.5, 0.6) is 0 Å². The van der Waals surface area contributed by atoms with Crippen molar-refractivity contribution in [2.75, 3.05) is 76.5 Å². The van der Waals surface area contributed by atoms with E-state index in [9.17, 15) is 13.2 Å². The summed E-state index contributed by atoms with van der Waals surface area (Å²) < 4.78 is 30.7. The van der Waals surface area contributed by atoms with Crippen molar-refractivity contribution in [2.24, 2.45) is 0 Å². The number of nitrogens with zero attached hydrogens (tertiary/aromatic N) is 3. The van der Waals surface area contributed by atoms with Gasteiger partial charge >= 0.3 is 0 Å². The molecule has 1 fully saturated rings. The predicted octanol–water partition coefficient (Wildman–Crippen LogP) is 0.675. The maximum absolute atomic E-state index is 12.2. The van der Waals surface area contributed by atoms with Crippen LogP contribution in [-0.4, -0.2) is 89.8 Å². The molecule has 1 aromatic carbocycles. The highest BCUT2D eigenvalue weighted by molar-refractivity contribution is 7.88. The molecule has 0 aliphatic carbocycles. The van der Waals surface area contributed by atoms with Crippen LogP contribution < -0.4 is 10.2 Å². The zero-order chi connectivity index (χ0) is 19.9. The number of morpholine rings is 1. The molecule has 8 nitrogen and oxygen atoms in total. The van der Waals surface area contributed by atoms with Gasteiger partial charge in [0, 0.05) is 64.6 Å². The first-order valence-electron chi connectivity index (χ1n) is 9.08. The van der Waals surface area contributed by atoms with Crippen LogP contribution in [0.2, 0.25) is 0 Å². The number of carbonyl (C=O) groups is 1. The van der Waals surface area contributed by atoms with E-state index in [2.05, 4.69) is 10.2 Å². The first kappa shape index (κ1) is 21.6. The molecule has 0 radical (unpaired) electrons. The first-order valence-corrected chi connectivity index (χ1v) is 10.9. The molecule has 0 atom stereocenters. The van der Waals surface area contributed by atoms with Crippen LogP contribution in [0.3, 0.4) is 0 Å². The van der Waals surface area contributed by atoms with Gasteiger partial charge in [0.15, 0.2) is 0 Å². The summed E-state index contributed by atoms with van der Waals surface area (Å²) in [5.41, 5.74) is 1.74. The van der Waals surface area contributed by atoms with Gasteiger partial charge in [-0.25, -0.2) is 12.7 Å². The SMILES string of the molecule is CN(C)c1ccc(NC(=O)CCN(CCN2CCOCC2)S(C)(=O)=O)cc1. The molecule has 1 aromatic rings. The van der Waals surface area contributed by atoms with Gasteiger partial charge in [-0.1, -0.05) is 0 Å². The Bertz CT molecular complexity index is 701. The zero-order valence-electron chi connectivity index (χ0n) is 16.3. The smallest absolute Gasteiger partial charge is 0.225 e. The summed E-state index contributed by atoms with van der Waals surface area (Å²) in [6.07, 6.45) is 1.30. The minimum atomic E-state index is -3.36. The lowest BCUT2D eigenvalue weighted by Crippen LogP contribution is -2.43. The molecule has 1 aliphatic rings. The molecule has 9 heteroatoms. The van der Waals surface area contributed by atoms with Crippen LogP contribution in [0, 0.1) is 0 Å². The number of hydrogen-bond acceptors (Lipinski definition) is 6. The zero-order valence-corrected chi connectivity index (χ0v) is 17.2. The third-order valence-electron chi connectivity index (χ3n) is 4.49. The number of ether oxygens (including phenoxy) is 1. The van der Waals surface area contributed by atoms with Gasteiger partial charge in [0.1, 0.15) is 0 Å². The van der Waals surface area contributed by atoms with E-state index < -0.39 is 10.0 Å². The van der Waals surface area contributed by atoms with Crippen molar-refractivity contribution in [1.29, 1.82) is 0 Å². The molecule has 1 saturated heterocycles. The van der Waals surface area contributed by atoms with Crippen molar-refractivity contribution in [3.63, 3.8) is 0 Å². The van der Waals surface area contributed by atoms with E-state index in [1.165, 1.54) is 10.6 Å².